The van der Waals surface area contributed by atoms with Crippen LogP contribution in [0.4, 0.5) is 18.9 Å². The van der Waals surface area contributed by atoms with Crippen molar-refractivity contribution in [3.63, 3.8) is 0 Å². The van der Waals surface area contributed by atoms with E-state index in [1.54, 1.807) is 13.2 Å². The Morgan fingerprint density at radius 1 is 1.36 bits per heavy atom. The molecule has 0 unspecified atom stereocenters. The first-order valence-corrected chi connectivity index (χ1v) is 10.7. The molecule has 154 valence electrons. The molecule has 2 aliphatic rings. The molecule has 6 nitrogen and oxygen atoms in total. The van der Waals surface area contributed by atoms with Crippen molar-refractivity contribution < 1.29 is 26.3 Å². The lowest BCUT2D eigenvalue weighted by atomic mass is 9.74. The second-order valence-corrected chi connectivity index (χ2v) is 9.57. The highest BCUT2D eigenvalue weighted by Gasteiger charge is 2.51. The van der Waals surface area contributed by atoms with Gasteiger partial charge in [0.25, 0.3) is 0 Å². The molecule has 2 saturated heterocycles. The number of hydrogen-bond donors (Lipinski definition) is 0. The molecular formula is C18H22F3N3O3S. The summed E-state index contributed by atoms with van der Waals surface area (Å²) in [5.41, 5.74) is -1.31. The Morgan fingerprint density at radius 2 is 2.07 bits per heavy atom. The molecule has 2 aliphatic heterocycles. The summed E-state index contributed by atoms with van der Waals surface area (Å²) in [5, 5.41) is 8.98. The van der Waals surface area contributed by atoms with Crippen molar-refractivity contribution in [1.29, 1.82) is 5.26 Å². The lowest BCUT2D eigenvalue weighted by Gasteiger charge is -2.41. The second kappa shape index (κ2) is 7.21. The molecule has 1 aromatic rings. The minimum Gasteiger partial charge on any atom is -0.384 e. The van der Waals surface area contributed by atoms with Gasteiger partial charge in [0.15, 0.2) is 0 Å². The van der Waals surface area contributed by atoms with E-state index in [0.717, 1.165) is 6.07 Å². The third-order valence-electron chi connectivity index (χ3n) is 5.79. The van der Waals surface area contributed by atoms with Crippen LogP contribution >= 0.6 is 0 Å². The van der Waals surface area contributed by atoms with Crippen molar-refractivity contribution in [3.05, 3.63) is 29.3 Å². The highest BCUT2D eigenvalue weighted by atomic mass is 32.2. The van der Waals surface area contributed by atoms with Gasteiger partial charge in [0, 0.05) is 44.4 Å². The maximum atomic E-state index is 13.3. The molecule has 28 heavy (non-hydrogen) atoms. The molecular weight excluding hydrogens is 395 g/mol. The average molecular weight is 417 g/mol. The number of nitrogens with zero attached hydrogens (tertiary/aromatic N) is 3. The molecule has 2 heterocycles. The molecule has 2 atom stereocenters. The predicted molar refractivity (Wildman–Crippen MR) is 97.2 cm³/mol. The Kier molecular flexibility index (Phi) is 5.38. The molecule has 0 aliphatic carbocycles. The van der Waals surface area contributed by atoms with Gasteiger partial charge in [-0.25, -0.2) is 12.7 Å². The topological polar surface area (TPSA) is 73.6 Å². The van der Waals surface area contributed by atoms with E-state index < -0.39 is 27.3 Å². The van der Waals surface area contributed by atoms with Crippen LogP contribution in [0.25, 0.3) is 0 Å². The first-order valence-electron chi connectivity index (χ1n) is 8.80. The quantitative estimate of drug-likeness (QED) is 0.752. The van der Waals surface area contributed by atoms with Crippen molar-refractivity contribution in [3.8, 4) is 6.07 Å². The Balaban J connectivity index is 1.93. The highest BCUT2D eigenvalue weighted by molar-refractivity contribution is 7.88. The summed E-state index contributed by atoms with van der Waals surface area (Å²) in [5.74, 6) is -0.0547. The van der Waals surface area contributed by atoms with E-state index in [2.05, 4.69) is 0 Å². The standard InChI is InChI=1S/C18H22F3N3O3S/c1-27-12-17-5-6-24(28(2,25)26)10-14(17)9-23(11-17)15-4-3-13(8-22)16(7-15)18(19,20)21/h3-4,7,14H,5-6,9-12H2,1-2H3/t14-,17-/m0/s1. The smallest absolute Gasteiger partial charge is 0.384 e. The summed E-state index contributed by atoms with van der Waals surface area (Å²) in [7, 11) is -1.76. The molecule has 0 spiro atoms. The van der Waals surface area contributed by atoms with E-state index in [9.17, 15) is 21.6 Å². The van der Waals surface area contributed by atoms with Gasteiger partial charge >= 0.3 is 6.18 Å². The number of sulfonamides is 1. The van der Waals surface area contributed by atoms with Gasteiger partial charge in [-0.05, 0) is 30.5 Å². The Bertz CT molecular complexity index is 898. The van der Waals surface area contributed by atoms with Gasteiger partial charge in [0.05, 0.1) is 30.1 Å². The molecule has 0 aromatic heterocycles. The molecule has 0 radical (unpaired) electrons. The molecule has 10 heteroatoms. The van der Waals surface area contributed by atoms with Gasteiger partial charge in [-0.1, -0.05) is 0 Å². The van der Waals surface area contributed by atoms with E-state index in [1.807, 2.05) is 4.90 Å². The number of halogens is 3. The van der Waals surface area contributed by atoms with E-state index in [0.29, 0.717) is 44.9 Å². The van der Waals surface area contributed by atoms with Crippen LogP contribution in [0.2, 0.25) is 0 Å². The van der Waals surface area contributed by atoms with Crippen molar-refractivity contribution >= 4 is 15.7 Å². The third-order valence-corrected chi connectivity index (χ3v) is 7.06. The maximum absolute atomic E-state index is 13.3. The predicted octanol–water partition coefficient (Wildman–Crippen LogP) is 2.31. The zero-order chi connectivity index (χ0) is 20.7. The minimum atomic E-state index is -4.62. The van der Waals surface area contributed by atoms with Gasteiger partial charge < -0.3 is 9.64 Å². The van der Waals surface area contributed by atoms with Gasteiger partial charge in [-0.3, -0.25) is 0 Å². The fourth-order valence-electron chi connectivity index (χ4n) is 4.33. The van der Waals surface area contributed by atoms with Gasteiger partial charge in [0.2, 0.25) is 10.0 Å². The Labute approximate surface area is 162 Å². The van der Waals surface area contributed by atoms with E-state index >= 15 is 0 Å². The number of fused-ring (bicyclic) bond motifs is 1. The number of ether oxygens (including phenoxy) is 1. The van der Waals surface area contributed by atoms with Crippen LogP contribution in [0.15, 0.2) is 18.2 Å². The molecule has 0 saturated carbocycles. The average Bonchev–Trinajstić information content (AvgIpc) is 2.98. The van der Waals surface area contributed by atoms with Crippen LogP contribution in [-0.2, 0) is 20.9 Å². The van der Waals surface area contributed by atoms with Gasteiger partial charge in [-0.15, -0.1) is 0 Å². The van der Waals surface area contributed by atoms with Gasteiger partial charge in [-0.2, -0.15) is 18.4 Å². The summed E-state index contributed by atoms with van der Waals surface area (Å²) in [6.07, 6.45) is -2.87. The zero-order valence-corrected chi connectivity index (χ0v) is 16.5. The largest absolute Gasteiger partial charge is 0.417 e. The number of methoxy groups -OCH3 is 1. The number of rotatable bonds is 4. The summed E-state index contributed by atoms with van der Waals surface area (Å²) in [6.45, 7) is 2.01. The first-order chi connectivity index (χ1) is 13.0. The van der Waals surface area contributed by atoms with Crippen LogP contribution in [0.1, 0.15) is 17.5 Å². The SMILES string of the molecule is COC[C@@]12CCN(S(C)(=O)=O)C[C@@H]1CN(c1ccc(C#N)c(C(F)(F)F)c1)C2. The lowest BCUT2D eigenvalue weighted by molar-refractivity contribution is -0.137. The summed E-state index contributed by atoms with van der Waals surface area (Å²) in [6, 6.07) is 5.29. The monoisotopic (exact) mass is 417 g/mol. The molecule has 0 amide bonds. The number of anilines is 1. The van der Waals surface area contributed by atoms with Crippen molar-refractivity contribution in [1.82, 2.24) is 4.31 Å². The van der Waals surface area contributed by atoms with Crippen LogP contribution in [-0.4, -0.2) is 58.9 Å². The molecule has 3 rings (SSSR count). The van der Waals surface area contributed by atoms with Crippen molar-refractivity contribution in [2.45, 2.75) is 12.6 Å². The molecule has 2 fully saturated rings. The Hall–Kier alpha value is -1.83. The fourth-order valence-corrected chi connectivity index (χ4v) is 5.21. The number of hydrogen-bond acceptors (Lipinski definition) is 5. The minimum absolute atomic E-state index is 0.0547. The highest BCUT2D eigenvalue weighted by Crippen LogP contribution is 2.45. The maximum Gasteiger partial charge on any atom is 0.417 e. The molecule has 0 bridgehead atoms. The van der Waals surface area contributed by atoms with Crippen molar-refractivity contribution in [2.24, 2.45) is 11.3 Å². The first kappa shape index (κ1) is 20.9. The van der Waals surface area contributed by atoms with E-state index in [1.165, 1.54) is 22.7 Å². The Morgan fingerprint density at radius 3 is 2.64 bits per heavy atom. The van der Waals surface area contributed by atoms with Crippen LogP contribution in [0, 0.1) is 22.7 Å². The lowest BCUT2D eigenvalue weighted by Crippen LogP contribution is -2.50. The number of benzene rings is 1. The van der Waals surface area contributed by atoms with Gasteiger partial charge in [0.1, 0.15) is 0 Å². The van der Waals surface area contributed by atoms with Crippen LogP contribution < -0.4 is 4.90 Å². The third kappa shape index (κ3) is 3.83. The molecule has 1 aromatic carbocycles. The second-order valence-electron chi connectivity index (χ2n) is 7.58. The van der Waals surface area contributed by atoms with E-state index in [-0.39, 0.29) is 11.3 Å². The normalized spacial score (nSPS) is 26.1. The number of piperidine rings is 1. The number of nitriles is 1. The van der Waals surface area contributed by atoms with Crippen molar-refractivity contribution in [2.75, 3.05) is 51.1 Å². The summed E-state index contributed by atoms with van der Waals surface area (Å²) >= 11 is 0. The summed E-state index contributed by atoms with van der Waals surface area (Å²) in [4.78, 5) is 1.84. The van der Waals surface area contributed by atoms with Crippen LogP contribution in [0.5, 0.6) is 0 Å². The van der Waals surface area contributed by atoms with E-state index in [4.69, 9.17) is 10.00 Å². The fraction of sp³-hybridized carbons (Fsp3) is 0.611. The molecule has 0 N–H and O–H groups in total. The summed E-state index contributed by atoms with van der Waals surface area (Å²) < 4.78 is 70.6. The zero-order valence-electron chi connectivity index (χ0n) is 15.7. The number of alkyl halides is 3. The van der Waals surface area contributed by atoms with Crippen LogP contribution in [0.3, 0.4) is 0 Å².